The molecule has 1 aromatic carbocycles. The van der Waals surface area contributed by atoms with Gasteiger partial charge in [-0.2, -0.15) is 0 Å². The van der Waals surface area contributed by atoms with Gasteiger partial charge in [0.15, 0.2) is 0 Å². The summed E-state index contributed by atoms with van der Waals surface area (Å²) >= 11 is 0. The van der Waals surface area contributed by atoms with Crippen LogP contribution >= 0.6 is 0 Å². The predicted molar refractivity (Wildman–Crippen MR) is 33.2 cm³/mol. The summed E-state index contributed by atoms with van der Waals surface area (Å²) in [5, 5.41) is 0. The maximum absolute atomic E-state index is 12.3. The molecule has 47 valence electrons. The summed E-state index contributed by atoms with van der Waals surface area (Å²) in [6, 6.07) is 6.08. The van der Waals surface area contributed by atoms with Gasteiger partial charge in [-0.3, -0.25) is 5.73 Å². The Bertz CT molecular complexity index is 198. The van der Waals surface area contributed by atoms with Crippen LogP contribution in [0.4, 0.5) is 4.39 Å². The molecule has 1 rings (SSSR count). The normalized spacial score (nSPS) is 9.56. The van der Waals surface area contributed by atoms with Crippen LogP contribution in [0.25, 0.3) is 0 Å². The van der Waals surface area contributed by atoms with Crippen LogP contribution in [0.15, 0.2) is 24.3 Å². The molecular weight excluding hydrogens is 117 g/mol. The van der Waals surface area contributed by atoms with E-state index in [0.717, 1.165) is 5.56 Å². The van der Waals surface area contributed by atoms with Gasteiger partial charge >= 0.3 is 0 Å². The van der Waals surface area contributed by atoms with Gasteiger partial charge in [0.1, 0.15) is 5.82 Å². The van der Waals surface area contributed by atoms with Gasteiger partial charge in [-0.25, -0.2) is 4.39 Å². The van der Waals surface area contributed by atoms with Gasteiger partial charge in [0.2, 0.25) is 0 Å². The summed E-state index contributed by atoms with van der Waals surface area (Å²) in [5.74, 6) is -0.264. The molecule has 2 heteroatoms. The lowest BCUT2D eigenvalue weighted by atomic mass is 10.2. The van der Waals surface area contributed by atoms with E-state index in [2.05, 4.69) is 0 Å². The first-order valence-electron chi connectivity index (χ1n) is 2.72. The lowest BCUT2D eigenvalue weighted by Crippen LogP contribution is -1.84. The third kappa shape index (κ3) is 1.50. The minimum Gasteiger partial charge on any atom is -0.253 e. The highest BCUT2D eigenvalue weighted by Gasteiger charge is 1.89. The van der Waals surface area contributed by atoms with Crippen LogP contribution < -0.4 is 5.73 Å². The van der Waals surface area contributed by atoms with Gasteiger partial charge in [0.05, 0.1) is 0 Å². The zero-order chi connectivity index (χ0) is 6.69. The van der Waals surface area contributed by atoms with Crippen molar-refractivity contribution < 1.29 is 4.39 Å². The molecule has 0 saturated heterocycles. The zero-order valence-electron chi connectivity index (χ0n) is 4.89. The lowest BCUT2D eigenvalue weighted by Gasteiger charge is -1.92. The van der Waals surface area contributed by atoms with Gasteiger partial charge in [-0.1, -0.05) is 12.1 Å². The second-order valence-corrected chi connectivity index (χ2v) is 1.81. The molecule has 1 N–H and O–H groups in total. The van der Waals surface area contributed by atoms with Crippen molar-refractivity contribution in [2.75, 3.05) is 0 Å². The van der Waals surface area contributed by atoms with Crippen molar-refractivity contribution in [2.45, 2.75) is 6.54 Å². The van der Waals surface area contributed by atoms with E-state index < -0.39 is 0 Å². The largest absolute Gasteiger partial charge is 0.253 e. The highest BCUT2D eigenvalue weighted by atomic mass is 19.1. The second-order valence-electron chi connectivity index (χ2n) is 1.81. The highest BCUT2D eigenvalue weighted by Crippen LogP contribution is 2.01. The van der Waals surface area contributed by atoms with Crippen LogP contribution in [0.2, 0.25) is 0 Å². The fourth-order valence-electron chi connectivity index (χ4n) is 0.647. The number of halogens is 1. The number of hydrogen-bond donors (Lipinski definition) is 0. The molecule has 0 atom stereocenters. The van der Waals surface area contributed by atoms with E-state index in [1.165, 1.54) is 12.1 Å². The van der Waals surface area contributed by atoms with Gasteiger partial charge in [0.25, 0.3) is 0 Å². The van der Waals surface area contributed by atoms with Gasteiger partial charge < -0.3 is 0 Å². The van der Waals surface area contributed by atoms with Crippen LogP contribution in [-0.2, 0) is 6.54 Å². The summed E-state index contributed by atoms with van der Waals surface area (Å²) in [6.45, 7) is 0.151. The molecule has 9 heavy (non-hydrogen) atoms. The summed E-state index contributed by atoms with van der Waals surface area (Å²) in [4.78, 5) is 0. The number of rotatable bonds is 1. The van der Waals surface area contributed by atoms with Gasteiger partial charge in [-0.15, -0.1) is 0 Å². The van der Waals surface area contributed by atoms with E-state index in [0.29, 0.717) is 0 Å². The summed E-state index contributed by atoms with van der Waals surface area (Å²) in [5.41, 5.74) is 7.59. The van der Waals surface area contributed by atoms with E-state index in [1.54, 1.807) is 12.1 Å². The summed E-state index contributed by atoms with van der Waals surface area (Å²) in [7, 11) is 0. The van der Waals surface area contributed by atoms with Crippen LogP contribution in [0.3, 0.4) is 0 Å². The Morgan fingerprint density at radius 1 is 1.44 bits per heavy atom. The molecular formula is C7H7FN. The molecule has 1 radical (unpaired) electrons. The number of benzene rings is 1. The Balaban J connectivity index is 2.94. The van der Waals surface area contributed by atoms with Crippen molar-refractivity contribution in [3.8, 4) is 0 Å². The third-order valence-electron chi connectivity index (χ3n) is 1.09. The first-order valence-corrected chi connectivity index (χ1v) is 2.72. The SMILES string of the molecule is [NH]Cc1cccc(F)c1. The first kappa shape index (κ1) is 6.23. The Hall–Kier alpha value is -0.890. The first-order chi connectivity index (χ1) is 4.33. The molecule has 0 bridgehead atoms. The molecule has 0 saturated carbocycles. The van der Waals surface area contributed by atoms with Gasteiger partial charge in [0, 0.05) is 6.54 Å². The minimum absolute atomic E-state index is 0.151. The quantitative estimate of drug-likeness (QED) is 0.543. The number of nitrogens with one attached hydrogen (secondary N) is 1. The van der Waals surface area contributed by atoms with Crippen LogP contribution in [0.5, 0.6) is 0 Å². The maximum atomic E-state index is 12.3. The van der Waals surface area contributed by atoms with E-state index in [4.69, 9.17) is 5.73 Å². The predicted octanol–water partition coefficient (Wildman–Crippen LogP) is 1.61. The van der Waals surface area contributed by atoms with Gasteiger partial charge in [-0.05, 0) is 17.7 Å². The third-order valence-corrected chi connectivity index (χ3v) is 1.09. The highest BCUT2D eigenvalue weighted by molar-refractivity contribution is 5.15. The van der Waals surface area contributed by atoms with E-state index in [1.807, 2.05) is 0 Å². The van der Waals surface area contributed by atoms with Crippen molar-refractivity contribution in [1.82, 2.24) is 5.73 Å². The summed E-state index contributed by atoms with van der Waals surface area (Å²) < 4.78 is 12.3. The fraction of sp³-hybridized carbons (Fsp3) is 0.143. The lowest BCUT2D eigenvalue weighted by molar-refractivity contribution is 0.625. The molecule has 0 spiro atoms. The molecule has 0 aliphatic heterocycles. The second kappa shape index (κ2) is 2.60. The molecule has 0 unspecified atom stereocenters. The Morgan fingerprint density at radius 3 is 2.67 bits per heavy atom. The molecule has 0 fully saturated rings. The average molecular weight is 124 g/mol. The molecule has 0 amide bonds. The van der Waals surface area contributed by atoms with Crippen molar-refractivity contribution >= 4 is 0 Å². The molecule has 0 heterocycles. The molecule has 1 aromatic rings. The van der Waals surface area contributed by atoms with Crippen LogP contribution in [-0.4, -0.2) is 0 Å². The fourth-order valence-corrected chi connectivity index (χ4v) is 0.647. The van der Waals surface area contributed by atoms with E-state index in [-0.39, 0.29) is 12.4 Å². The van der Waals surface area contributed by atoms with E-state index in [9.17, 15) is 4.39 Å². The molecule has 1 nitrogen and oxygen atoms in total. The molecule has 0 aliphatic carbocycles. The summed E-state index contributed by atoms with van der Waals surface area (Å²) in [6.07, 6.45) is 0. The molecule has 0 aromatic heterocycles. The monoisotopic (exact) mass is 124 g/mol. The standard InChI is InChI=1S/C7H7FN/c8-7-3-1-2-6(4-7)5-9/h1-4,9H,5H2. The van der Waals surface area contributed by atoms with Crippen molar-refractivity contribution in [3.63, 3.8) is 0 Å². The topological polar surface area (TPSA) is 23.8 Å². The average Bonchev–Trinajstić information content (AvgIpc) is 1.88. The van der Waals surface area contributed by atoms with Crippen molar-refractivity contribution in [2.24, 2.45) is 0 Å². The Labute approximate surface area is 53.3 Å². The minimum atomic E-state index is -0.264. The number of hydrogen-bond acceptors (Lipinski definition) is 0. The van der Waals surface area contributed by atoms with Crippen molar-refractivity contribution in [1.29, 1.82) is 0 Å². The Kier molecular flexibility index (Phi) is 1.80. The maximum Gasteiger partial charge on any atom is 0.123 e. The van der Waals surface area contributed by atoms with Crippen molar-refractivity contribution in [3.05, 3.63) is 35.6 Å². The Morgan fingerprint density at radius 2 is 2.22 bits per heavy atom. The van der Waals surface area contributed by atoms with Crippen LogP contribution in [0.1, 0.15) is 5.56 Å². The van der Waals surface area contributed by atoms with Crippen LogP contribution in [0, 0.1) is 5.82 Å². The zero-order valence-corrected chi connectivity index (χ0v) is 4.89. The smallest absolute Gasteiger partial charge is 0.123 e. The van der Waals surface area contributed by atoms with E-state index >= 15 is 0 Å². The molecule has 0 aliphatic rings.